The van der Waals surface area contributed by atoms with Crippen LogP contribution in [-0.2, 0) is 5.54 Å². The molecule has 4 aliphatic rings. The van der Waals surface area contributed by atoms with Gasteiger partial charge in [0.25, 0.3) is 5.91 Å². The molecule has 1 amide bonds. The van der Waals surface area contributed by atoms with Crippen molar-refractivity contribution in [3.8, 4) is 10.6 Å². The summed E-state index contributed by atoms with van der Waals surface area (Å²) in [6, 6.07) is 5.76. The third-order valence-electron chi connectivity index (χ3n) is 8.71. The van der Waals surface area contributed by atoms with Gasteiger partial charge in [0.05, 0.1) is 34.1 Å². The molecule has 7 rings (SSSR count). The van der Waals surface area contributed by atoms with Crippen molar-refractivity contribution in [2.24, 2.45) is 5.41 Å². The number of fused-ring (bicyclic) bond motifs is 2. The summed E-state index contributed by atoms with van der Waals surface area (Å²) in [6.07, 6.45) is 7.16. The van der Waals surface area contributed by atoms with Crippen LogP contribution in [0.4, 0.5) is 21.8 Å². The van der Waals surface area contributed by atoms with Gasteiger partial charge in [-0.05, 0) is 37.6 Å². The van der Waals surface area contributed by atoms with Crippen LogP contribution in [-0.4, -0.2) is 70.4 Å². The van der Waals surface area contributed by atoms with Crippen LogP contribution >= 0.6 is 11.3 Å². The van der Waals surface area contributed by atoms with Crippen LogP contribution < -0.4 is 10.2 Å². The van der Waals surface area contributed by atoms with Crippen LogP contribution in [0, 0.1) is 11.2 Å². The van der Waals surface area contributed by atoms with Gasteiger partial charge in [-0.15, -0.1) is 11.3 Å². The lowest BCUT2D eigenvalue weighted by Crippen LogP contribution is -2.72. The Labute approximate surface area is 219 Å². The van der Waals surface area contributed by atoms with Crippen molar-refractivity contribution in [2.75, 3.05) is 50.0 Å². The molecule has 37 heavy (non-hydrogen) atoms. The molecule has 0 atom stereocenters. The number of anilines is 3. The largest absolute Gasteiger partial charge is 0.369 e. The second kappa shape index (κ2) is 8.19. The first-order valence-electron chi connectivity index (χ1n) is 13.1. The average molecular weight is 520 g/mol. The third-order valence-corrected chi connectivity index (χ3v) is 10.0. The number of aromatic nitrogens is 3. The molecule has 3 aliphatic heterocycles. The van der Waals surface area contributed by atoms with Gasteiger partial charge in [0.1, 0.15) is 11.5 Å². The van der Waals surface area contributed by atoms with Crippen molar-refractivity contribution < 1.29 is 9.18 Å². The lowest BCUT2D eigenvalue weighted by atomic mass is 9.72. The van der Waals surface area contributed by atoms with E-state index in [1.165, 1.54) is 30.6 Å². The maximum absolute atomic E-state index is 14.9. The molecular weight excluding hydrogens is 489 g/mol. The Morgan fingerprint density at radius 2 is 1.89 bits per heavy atom. The normalized spacial score (nSPS) is 21.4. The maximum Gasteiger partial charge on any atom is 0.255 e. The van der Waals surface area contributed by atoms with Crippen LogP contribution in [0.2, 0.25) is 0 Å². The first kappa shape index (κ1) is 23.0. The maximum atomic E-state index is 14.9. The van der Waals surface area contributed by atoms with E-state index in [4.69, 9.17) is 0 Å². The number of hydrogen-bond donors (Lipinski definition) is 1. The highest BCUT2D eigenvalue weighted by molar-refractivity contribution is 7.16. The number of nitrogens with one attached hydrogen (secondary N) is 1. The summed E-state index contributed by atoms with van der Waals surface area (Å²) in [5, 5.41) is 3.11. The molecule has 6 heterocycles. The number of amides is 1. The number of likely N-dealkylation sites (tertiary alicyclic amines) is 1. The molecule has 3 fully saturated rings. The predicted octanol–water partition coefficient (Wildman–Crippen LogP) is 4.48. The molecule has 3 aromatic rings. The van der Waals surface area contributed by atoms with Gasteiger partial charge < -0.3 is 20.0 Å². The SMILES string of the molecule is CCN1CC2(C1)CN(c1ccc(Nc3ncc(F)c(-c4cc5c(s4)C4(CCCC4)N(C)C5=O)n3)nc1)C2. The van der Waals surface area contributed by atoms with E-state index >= 15 is 0 Å². The Morgan fingerprint density at radius 1 is 1.11 bits per heavy atom. The number of thiophene rings is 1. The van der Waals surface area contributed by atoms with E-state index < -0.39 is 5.82 Å². The minimum absolute atomic E-state index is 0.0182. The molecular formula is C27H30FN7OS. The van der Waals surface area contributed by atoms with Crippen LogP contribution in [0.25, 0.3) is 10.6 Å². The summed E-state index contributed by atoms with van der Waals surface area (Å²) in [6.45, 7) is 7.87. The van der Waals surface area contributed by atoms with Crippen LogP contribution in [0.15, 0.2) is 30.6 Å². The quantitative estimate of drug-likeness (QED) is 0.533. The molecule has 10 heteroatoms. The number of rotatable bonds is 5. The first-order valence-corrected chi connectivity index (χ1v) is 13.9. The van der Waals surface area contributed by atoms with Gasteiger partial charge >= 0.3 is 0 Å². The Kier molecular flexibility index (Phi) is 5.10. The minimum atomic E-state index is -0.501. The van der Waals surface area contributed by atoms with Gasteiger partial charge in [0.15, 0.2) is 5.82 Å². The topological polar surface area (TPSA) is 77.5 Å². The molecule has 2 saturated heterocycles. The second-order valence-electron chi connectivity index (χ2n) is 11.0. The third kappa shape index (κ3) is 3.49. The van der Waals surface area contributed by atoms with Gasteiger partial charge in [-0.3, -0.25) is 4.79 Å². The highest BCUT2D eigenvalue weighted by atomic mass is 32.1. The van der Waals surface area contributed by atoms with Crippen molar-refractivity contribution in [3.63, 3.8) is 0 Å². The van der Waals surface area contributed by atoms with Crippen LogP contribution in [0.3, 0.4) is 0 Å². The molecule has 0 radical (unpaired) electrons. The first-order chi connectivity index (χ1) is 17.9. The molecule has 0 aromatic carbocycles. The van der Waals surface area contributed by atoms with E-state index in [1.54, 1.807) is 6.07 Å². The van der Waals surface area contributed by atoms with Crippen molar-refractivity contribution in [3.05, 3.63) is 46.9 Å². The van der Waals surface area contributed by atoms with Gasteiger partial charge in [-0.2, -0.15) is 0 Å². The molecule has 1 N–H and O–H groups in total. The van der Waals surface area contributed by atoms with E-state index in [2.05, 4.69) is 43.1 Å². The number of halogens is 1. The molecule has 1 saturated carbocycles. The summed E-state index contributed by atoms with van der Waals surface area (Å²) in [4.78, 5) is 34.6. The Balaban J connectivity index is 1.08. The van der Waals surface area contributed by atoms with E-state index in [0.717, 1.165) is 55.9 Å². The summed E-state index contributed by atoms with van der Waals surface area (Å²) in [5.74, 6) is 0.401. The fourth-order valence-electron chi connectivity index (χ4n) is 6.70. The van der Waals surface area contributed by atoms with E-state index in [-0.39, 0.29) is 23.1 Å². The molecule has 192 valence electrons. The molecule has 0 unspecified atom stereocenters. The van der Waals surface area contributed by atoms with Crippen molar-refractivity contribution >= 4 is 34.7 Å². The number of nitrogens with zero attached hydrogens (tertiary/aromatic N) is 6. The molecule has 2 spiro atoms. The fraction of sp³-hybridized carbons (Fsp3) is 0.481. The summed E-state index contributed by atoms with van der Waals surface area (Å²) in [5.41, 5.74) is 2.23. The molecule has 1 aliphatic carbocycles. The van der Waals surface area contributed by atoms with Crippen LogP contribution in [0.5, 0.6) is 0 Å². The predicted molar refractivity (Wildman–Crippen MR) is 142 cm³/mol. The Bertz CT molecular complexity index is 1370. The monoisotopic (exact) mass is 519 g/mol. The zero-order valence-electron chi connectivity index (χ0n) is 21.1. The molecule has 8 nitrogen and oxygen atoms in total. The van der Waals surface area contributed by atoms with E-state index in [0.29, 0.717) is 21.7 Å². The highest BCUT2D eigenvalue weighted by Gasteiger charge is 2.52. The molecule has 0 bridgehead atoms. The fourth-order valence-corrected chi connectivity index (χ4v) is 8.12. The Morgan fingerprint density at radius 3 is 2.59 bits per heavy atom. The number of carbonyl (C=O) groups is 1. The minimum Gasteiger partial charge on any atom is -0.369 e. The van der Waals surface area contributed by atoms with Gasteiger partial charge in [0.2, 0.25) is 5.95 Å². The summed E-state index contributed by atoms with van der Waals surface area (Å²) in [7, 11) is 1.89. The lowest BCUT2D eigenvalue weighted by Gasteiger charge is -2.61. The molecule has 3 aromatic heterocycles. The second-order valence-corrected chi connectivity index (χ2v) is 12.1. The zero-order chi connectivity index (χ0) is 25.4. The number of hydrogen-bond acceptors (Lipinski definition) is 8. The van der Waals surface area contributed by atoms with Crippen molar-refractivity contribution in [1.29, 1.82) is 0 Å². The zero-order valence-corrected chi connectivity index (χ0v) is 21.9. The summed E-state index contributed by atoms with van der Waals surface area (Å²) < 4.78 is 14.9. The highest BCUT2D eigenvalue weighted by Crippen LogP contribution is 2.53. The Hall–Kier alpha value is -3.11. The number of pyridine rings is 1. The van der Waals surface area contributed by atoms with E-state index in [1.807, 2.05) is 24.2 Å². The number of carbonyl (C=O) groups excluding carboxylic acids is 1. The van der Waals surface area contributed by atoms with Crippen LogP contribution in [0.1, 0.15) is 47.8 Å². The standard InChI is InChI=1S/C27H30FN7OS/c1-3-34-13-26(14-34)15-35(16-26)17-6-7-21(29-11-17)31-25-30-12-19(28)22(32-25)20-10-18-23(37-20)27(8-4-5-9-27)33(2)24(18)36/h6-7,10-12H,3-5,8-9,13-16H2,1-2H3,(H,29,30,31,32). The lowest BCUT2D eigenvalue weighted by molar-refractivity contribution is -0.0178. The smallest absolute Gasteiger partial charge is 0.255 e. The van der Waals surface area contributed by atoms with Gasteiger partial charge in [-0.25, -0.2) is 19.3 Å². The van der Waals surface area contributed by atoms with Crippen molar-refractivity contribution in [2.45, 2.75) is 38.1 Å². The van der Waals surface area contributed by atoms with E-state index in [9.17, 15) is 9.18 Å². The van der Waals surface area contributed by atoms with Crippen molar-refractivity contribution in [1.82, 2.24) is 24.8 Å². The summed E-state index contributed by atoms with van der Waals surface area (Å²) >= 11 is 1.49. The van der Waals surface area contributed by atoms with Gasteiger partial charge in [0, 0.05) is 43.5 Å². The average Bonchev–Trinajstić information content (AvgIpc) is 3.56. The van der Waals surface area contributed by atoms with Gasteiger partial charge in [-0.1, -0.05) is 19.8 Å².